The minimum Gasteiger partial charge on any atom is -0.493 e. The molecular weight excluding hydrogens is 488 g/mol. The van der Waals surface area contributed by atoms with Crippen LogP contribution in [0.2, 0.25) is 0 Å². The van der Waals surface area contributed by atoms with E-state index in [1.54, 1.807) is 7.11 Å². The van der Waals surface area contributed by atoms with Crippen LogP contribution in [-0.2, 0) is 4.74 Å². The van der Waals surface area contributed by atoms with Gasteiger partial charge in [0.15, 0.2) is 11.5 Å². The van der Waals surface area contributed by atoms with Gasteiger partial charge in [-0.3, -0.25) is 9.88 Å². The van der Waals surface area contributed by atoms with Gasteiger partial charge in [0.25, 0.3) is 0 Å². The number of nitrogens with zero attached hydrogens (tertiary/aromatic N) is 4. The number of pyridine rings is 1. The summed E-state index contributed by atoms with van der Waals surface area (Å²) in [4.78, 5) is 7.16. The fourth-order valence-corrected chi connectivity index (χ4v) is 5.29. The predicted octanol–water partition coefficient (Wildman–Crippen LogP) is 5.89. The van der Waals surface area contributed by atoms with Crippen molar-refractivity contribution in [1.82, 2.24) is 19.7 Å². The minimum absolute atomic E-state index is 0.592. The molecule has 1 saturated heterocycles. The van der Waals surface area contributed by atoms with Crippen molar-refractivity contribution in [3.8, 4) is 28.4 Å². The number of fused-ring (bicyclic) bond motifs is 3. The molecule has 2 aromatic heterocycles. The molecule has 0 amide bonds. The third-order valence-electron chi connectivity index (χ3n) is 7.67. The van der Waals surface area contributed by atoms with E-state index in [2.05, 4.69) is 72.8 Å². The summed E-state index contributed by atoms with van der Waals surface area (Å²) in [6.45, 7) is 11.3. The Kier molecular flexibility index (Phi) is 6.94. The first-order valence-electron chi connectivity index (χ1n) is 13.5. The second kappa shape index (κ2) is 10.7. The van der Waals surface area contributed by atoms with Crippen LogP contribution in [-0.4, -0.2) is 66.2 Å². The van der Waals surface area contributed by atoms with E-state index in [0.29, 0.717) is 12.4 Å². The highest BCUT2D eigenvalue weighted by Gasteiger charge is 2.20. The smallest absolute Gasteiger partial charge is 0.161 e. The molecule has 0 saturated carbocycles. The van der Waals surface area contributed by atoms with Crippen molar-refractivity contribution in [2.24, 2.45) is 0 Å². The molecule has 3 heterocycles. The molecule has 1 aliphatic rings. The van der Waals surface area contributed by atoms with Gasteiger partial charge >= 0.3 is 0 Å². The van der Waals surface area contributed by atoms with Gasteiger partial charge in [-0.2, -0.15) is 5.10 Å². The number of rotatable bonds is 7. The van der Waals surface area contributed by atoms with Crippen LogP contribution >= 0.6 is 0 Å². The fraction of sp³-hybridized carbons (Fsp3) is 0.312. The molecule has 0 bridgehead atoms. The van der Waals surface area contributed by atoms with Gasteiger partial charge in [0.1, 0.15) is 12.3 Å². The number of ether oxygens (including phenoxy) is 3. The van der Waals surface area contributed by atoms with E-state index in [9.17, 15) is 0 Å². The lowest BCUT2D eigenvalue weighted by atomic mass is 10.0. The molecule has 1 aliphatic heterocycles. The molecular formula is C32H34N4O3. The summed E-state index contributed by atoms with van der Waals surface area (Å²) in [7, 11) is 1.68. The monoisotopic (exact) mass is 522 g/mol. The SMILES string of the molecule is COc1cc(-c2nn(-c3cccc(C)c3C)c3c2cnc2ccc(C)cc23)ccc1OCCN1CCOCC1. The summed E-state index contributed by atoms with van der Waals surface area (Å²) in [5, 5.41) is 7.28. The number of aromatic nitrogens is 3. The Morgan fingerprint density at radius 2 is 1.77 bits per heavy atom. The summed E-state index contributed by atoms with van der Waals surface area (Å²) in [6.07, 6.45) is 1.94. The highest BCUT2D eigenvalue weighted by atomic mass is 16.5. The number of hydrogen-bond donors (Lipinski definition) is 0. The van der Waals surface area contributed by atoms with E-state index in [1.807, 2.05) is 18.3 Å². The van der Waals surface area contributed by atoms with Gasteiger partial charge in [-0.15, -0.1) is 0 Å². The standard InChI is InChI=1S/C32H34N4O3/c1-21-8-10-27-25(18-21)32-26(20-33-27)31(34-36(32)28-7-5-6-22(2)23(28)3)24-9-11-29(30(19-24)37-4)39-17-14-35-12-15-38-16-13-35/h5-11,18-20H,12-17H2,1-4H3. The van der Waals surface area contributed by atoms with Crippen molar-refractivity contribution >= 4 is 21.8 Å². The third kappa shape index (κ3) is 4.84. The van der Waals surface area contributed by atoms with Gasteiger partial charge in [-0.1, -0.05) is 23.8 Å². The Balaban J connectivity index is 1.43. The summed E-state index contributed by atoms with van der Waals surface area (Å²) in [5.74, 6) is 1.42. The van der Waals surface area contributed by atoms with E-state index < -0.39 is 0 Å². The van der Waals surface area contributed by atoms with Crippen LogP contribution in [0, 0.1) is 20.8 Å². The van der Waals surface area contributed by atoms with E-state index in [0.717, 1.165) is 77.3 Å². The maximum absolute atomic E-state index is 6.14. The average molecular weight is 523 g/mol. The largest absolute Gasteiger partial charge is 0.493 e. The molecule has 200 valence electrons. The van der Waals surface area contributed by atoms with Crippen LogP contribution in [0.4, 0.5) is 0 Å². The van der Waals surface area contributed by atoms with E-state index in [-0.39, 0.29) is 0 Å². The molecule has 7 heteroatoms. The molecule has 0 radical (unpaired) electrons. The van der Waals surface area contributed by atoms with Crippen LogP contribution in [0.5, 0.6) is 11.5 Å². The van der Waals surface area contributed by atoms with Crippen molar-refractivity contribution in [3.63, 3.8) is 0 Å². The van der Waals surface area contributed by atoms with Crippen LogP contribution in [0.25, 0.3) is 38.8 Å². The molecule has 0 unspecified atom stereocenters. The first kappa shape index (κ1) is 25.3. The van der Waals surface area contributed by atoms with Crippen molar-refractivity contribution in [2.45, 2.75) is 20.8 Å². The third-order valence-corrected chi connectivity index (χ3v) is 7.67. The average Bonchev–Trinajstić information content (AvgIpc) is 3.35. The first-order chi connectivity index (χ1) is 19.0. The van der Waals surface area contributed by atoms with Crippen LogP contribution in [0.15, 0.2) is 60.8 Å². The maximum atomic E-state index is 6.14. The van der Waals surface area contributed by atoms with Gasteiger partial charge in [0, 0.05) is 42.2 Å². The van der Waals surface area contributed by atoms with Crippen molar-refractivity contribution in [3.05, 3.63) is 77.5 Å². The first-order valence-corrected chi connectivity index (χ1v) is 13.5. The molecule has 39 heavy (non-hydrogen) atoms. The van der Waals surface area contributed by atoms with Gasteiger partial charge in [-0.05, 0) is 68.3 Å². The lowest BCUT2D eigenvalue weighted by Crippen LogP contribution is -2.38. The predicted molar refractivity (Wildman–Crippen MR) is 155 cm³/mol. The minimum atomic E-state index is 0.592. The number of aryl methyl sites for hydroxylation is 2. The maximum Gasteiger partial charge on any atom is 0.161 e. The van der Waals surface area contributed by atoms with E-state index in [1.165, 1.54) is 16.7 Å². The number of methoxy groups -OCH3 is 1. The summed E-state index contributed by atoms with van der Waals surface area (Å²) >= 11 is 0. The van der Waals surface area contributed by atoms with Gasteiger partial charge in [0.05, 0.1) is 37.0 Å². The Labute approximate surface area is 228 Å². The van der Waals surface area contributed by atoms with Crippen molar-refractivity contribution < 1.29 is 14.2 Å². The molecule has 0 aliphatic carbocycles. The molecule has 6 rings (SSSR count). The van der Waals surface area contributed by atoms with Crippen molar-refractivity contribution in [2.75, 3.05) is 46.6 Å². The highest BCUT2D eigenvalue weighted by molar-refractivity contribution is 6.09. The zero-order chi connectivity index (χ0) is 26.9. The Morgan fingerprint density at radius 1 is 0.923 bits per heavy atom. The Morgan fingerprint density at radius 3 is 2.59 bits per heavy atom. The normalized spacial score (nSPS) is 14.3. The molecule has 3 aromatic carbocycles. The molecule has 5 aromatic rings. The van der Waals surface area contributed by atoms with Crippen LogP contribution in [0.3, 0.4) is 0 Å². The number of morpholine rings is 1. The fourth-order valence-electron chi connectivity index (χ4n) is 5.29. The quantitative estimate of drug-likeness (QED) is 0.266. The number of hydrogen-bond acceptors (Lipinski definition) is 6. The second-order valence-electron chi connectivity index (χ2n) is 10.2. The topological polar surface area (TPSA) is 61.6 Å². The van der Waals surface area contributed by atoms with Gasteiger partial charge in [-0.25, -0.2) is 4.68 Å². The second-order valence-corrected chi connectivity index (χ2v) is 10.2. The Hall–Kier alpha value is -3.94. The van der Waals surface area contributed by atoms with Gasteiger partial charge in [0.2, 0.25) is 0 Å². The molecule has 0 atom stereocenters. The summed E-state index contributed by atoms with van der Waals surface area (Å²) < 4.78 is 19.4. The molecule has 0 N–H and O–H groups in total. The zero-order valence-electron chi connectivity index (χ0n) is 23.0. The summed E-state index contributed by atoms with van der Waals surface area (Å²) in [6, 6.07) is 18.8. The van der Waals surface area contributed by atoms with E-state index in [4.69, 9.17) is 24.3 Å². The number of benzene rings is 3. The van der Waals surface area contributed by atoms with E-state index >= 15 is 0 Å². The lowest BCUT2D eigenvalue weighted by molar-refractivity contribution is 0.0321. The van der Waals surface area contributed by atoms with Crippen molar-refractivity contribution in [1.29, 1.82) is 0 Å². The zero-order valence-corrected chi connectivity index (χ0v) is 23.0. The molecule has 7 nitrogen and oxygen atoms in total. The molecule has 1 fully saturated rings. The highest BCUT2D eigenvalue weighted by Crippen LogP contribution is 2.38. The molecule has 0 spiro atoms. The summed E-state index contributed by atoms with van der Waals surface area (Å²) in [5.41, 5.74) is 8.50. The Bertz CT molecular complexity index is 1650. The lowest BCUT2D eigenvalue weighted by Gasteiger charge is -2.26. The van der Waals surface area contributed by atoms with Crippen LogP contribution < -0.4 is 9.47 Å². The van der Waals surface area contributed by atoms with Crippen LogP contribution in [0.1, 0.15) is 16.7 Å². The van der Waals surface area contributed by atoms with Gasteiger partial charge < -0.3 is 14.2 Å².